The molecule has 0 aromatic heterocycles. The van der Waals surface area contributed by atoms with Crippen LogP contribution in [0, 0.1) is 5.82 Å². The summed E-state index contributed by atoms with van der Waals surface area (Å²) in [6.07, 6.45) is 5.76. The zero-order chi connectivity index (χ0) is 13.2. The summed E-state index contributed by atoms with van der Waals surface area (Å²) >= 11 is 5.61. The van der Waals surface area contributed by atoms with Gasteiger partial charge in [-0.1, -0.05) is 23.8 Å². The Hall–Kier alpha value is -1.07. The van der Waals surface area contributed by atoms with Crippen molar-refractivity contribution >= 4 is 27.3 Å². The first-order valence-electron chi connectivity index (χ1n) is 5.62. The summed E-state index contributed by atoms with van der Waals surface area (Å²) in [7, 11) is -3.59. The Morgan fingerprint density at radius 1 is 1.39 bits per heavy atom. The molecule has 0 fully saturated rings. The van der Waals surface area contributed by atoms with Gasteiger partial charge in [-0.25, -0.2) is 12.8 Å². The molecule has 1 N–H and O–H groups in total. The first-order valence-corrected chi connectivity index (χ1v) is 7.55. The van der Waals surface area contributed by atoms with Crippen LogP contribution in [0.15, 0.2) is 30.4 Å². The van der Waals surface area contributed by atoms with Crippen molar-refractivity contribution in [3.05, 3.63) is 41.2 Å². The highest BCUT2D eigenvalue weighted by Crippen LogP contribution is 2.23. The predicted molar refractivity (Wildman–Crippen MR) is 70.7 cm³/mol. The lowest BCUT2D eigenvalue weighted by molar-refractivity contribution is 0.581. The number of nitrogens with one attached hydrogen (secondary N) is 1. The van der Waals surface area contributed by atoms with Gasteiger partial charge in [0.1, 0.15) is 5.82 Å². The summed E-state index contributed by atoms with van der Waals surface area (Å²) in [5, 5.41) is -0.366. The fraction of sp³-hybridized carbons (Fsp3) is 0.333. The number of rotatable bonds is 3. The topological polar surface area (TPSA) is 46.2 Å². The van der Waals surface area contributed by atoms with Crippen molar-refractivity contribution in [1.82, 2.24) is 0 Å². The quantitative estimate of drug-likeness (QED) is 0.868. The van der Waals surface area contributed by atoms with Crippen LogP contribution in [0.3, 0.4) is 0 Å². The van der Waals surface area contributed by atoms with Crippen LogP contribution in [0.2, 0.25) is 5.02 Å². The molecule has 1 aliphatic carbocycles. The van der Waals surface area contributed by atoms with E-state index >= 15 is 0 Å². The van der Waals surface area contributed by atoms with Gasteiger partial charge in [0.2, 0.25) is 10.0 Å². The van der Waals surface area contributed by atoms with E-state index in [-0.39, 0.29) is 10.7 Å². The average Bonchev–Trinajstić information content (AvgIpc) is 2.34. The second-order valence-corrected chi connectivity index (χ2v) is 6.50. The summed E-state index contributed by atoms with van der Waals surface area (Å²) in [5.74, 6) is -0.675. The number of halogens is 2. The lowest BCUT2D eigenvalue weighted by Crippen LogP contribution is -2.27. The molecule has 3 nitrogen and oxygen atoms in total. The molecule has 1 unspecified atom stereocenters. The maximum absolute atomic E-state index is 13.5. The molecular weight excluding hydrogens is 277 g/mol. The third kappa shape index (κ3) is 3.03. The van der Waals surface area contributed by atoms with E-state index in [4.69, 9.17) is 11.6 Å². The van der Waals surface area contributed by atoms with Gasteiger partial charge in [0.05, 0.1) is 10.9 Å². The smallest absolute Gasteiger partial charge is 0.239 e. The summed E-state index contributed by atoms with van der Waals surface area (Å²) < 4.78 is 39.8. The average molecular weight is 290 g/mol. The third-order valence-corrected chi connectivity index (χ3v) is 4.72. The van der Waals surface area contributed by atoms with Gasteiger partial charge >= 0.3 is 0 Å². The van der Waals surface area contributed by atoms with Crippen LogP contribution in [-0.4, -0.2) is 13.7 Å². The van der Waals surface area contributed by atoms with E-state index in [0.717, 1.165) is 18.9 Å². The van der Waals surface area contributed by atoms with Crippen molar-refractivity contribution in [2.45, 2.75) is 24.5 Å². The van der Waals surface area contributed by atoms with Gasteiger partial charge in [-0.05, 0) is 37.5 Å². The molecule has 6 heteroatoms. The standard InChI is InChI=1S/C12H13ClFNO2S/c13-9-6-7-12(11(14)8-9)15-18(16,17)10-4-2-1-3-5-10/h2,4,6-8,10,15H,1,3,5H2. The number of allylic oxidation sites excluding steroid dienone is 1. The van der Waals surface area contributed by atoms with Crippen LogP contribution in [-0.2, 0) is 10.0 Å². The normalized spacial score (nSPS) is 19.8. The van der Waals surface area contributed by atoms with E-state index in [1.165, 1.54) is 12.1 Å². The minimum absolute atomic E-state index is 0.0710. The van der Waals surface area contributed by atoms with Crippen LogP contribution in [0.5, 0.6) is 0 Å². The van der Waals surface area contributed by atoms with Crippen LogP contribution < -0.4 is 4.72 Å². The first kappa shape index (κ1) is 13.4. The summed E-state index contributed by atoms with van der Waals surface area (Å²) in [4.78, 5) is 0. The van der Waals surface area contributed by atoms with Crippen molar-refractivity contribution in [3.8, 4) is 0 Å². The molecule has 0 amide bonds. The number of hydrogen-bond acceptors (Lipinski definition) is 2. The fourth-order valence-corrected chi connectivity index (χ4v) is 3.42. The largest absolute Gasteiger partial charge is 0.280 e. The Labute approximate surface area is 111 Å². The Kier molecular flexibility index (Phi) is 3.92. The third-order valence-electron chi connectivity index (χ3n) is 2.79. The minimum Gasteiger partial charge on any atom is -0.280 e. The molecule has 0 radical (unpaired) electrons. The number of benzene rings is 1. The molecule has 1 aromatic rings. The van der Waals surface area contributed by atoms with Crippen LogP contribution >= 0.6 is 11.6 Å². The van der Waals surface area contributed by atoms with Crippen molar-refractivity contribution in [3.63, 3.8) is 0 Å². The highest BCUT2D eigenvalue weighted by Gasteiger charge is 2.25. The summed E-state index contributed by atoms with van der Waals surface area (Å²) in [6, 6.07) is 3.84. The molecule has 1 aliphatic rings. The number of sulfonamides is 1. The molecule has 0 saturated carbocycles. The van der Waals surface area contributed by atoms with Gasteiger partial charge in [-0.3, -0.25) is 4.72 Å². The molecule has 0 spiro atoms. The lowest BCUT2D eigenvalue weighted by atomic mass is 10.1. The van der Waals surface area contributed by atoms with E-state index in [2.05, 4.69) is 4.72 Å². The van der Waals surface area contributed by atoms with Gasteiger partial charge in [-0.2, -0.15) is 0 Å². The van der Waals surface area contributed by atoms with E-state index in [1.54, 1.807) is 6.08 Å². The molecule has 1 atom stereocenters. The van der Waals surface area contributed by atoms with Crippen LogP contribution in [0.1, 0.15) is 19.3 Å². The van der Waals surface area contributed by atoms with Crippen molar-refractivity contribution in [2.24, 2.45) is 0 Å². The Morgan fingerprint density at radius 2 is 2.17 bits per heavy atom. The maximum atomic E-state index is 13.5. The molecule has 0 bridgehead atoms. The Bertz CT molecular complexity index is 571. The highest BCUT2D eigenvalue weighted by molar-refractivity contribution is 7.93. The molecular formula is C12H13ClFNO2S. The Morgan fingerprint density at radius 3 is 2.78 bits per heavy atom. The molecule has 18 heavy (non-hydrogen) atoms. The molecule has 98 valence electrons. The second-order valence-electron chi connectivity index (χ2n) is 4.17. The molecule has 0 heterocycles. The van der Waals surface area contributed by atoms with E-state index in [9.17, 15) is 12.8 Å². The zero-order valence-corrected chi connectivity index (χ0v) is 11.1. The van der Waals surface area contributed by atoms with Crippen molar-refractivity contribution in [2.75, 3.05) is 4.72 Å². The van der Waals surface area contributed by atoms with Crippen LogP contribution in [0.25, 0.3) is 0 Å². The predicted octanol–water partition coefficient (Wildman–Crippen LogP) is 3.33. The molecule has 2 rings (SSSR count). The van der Waals surface area contributed by atoms with Crippen molar-refractivity contribution < 1.29 is 12.8 Å². The number of hydrogen-bond donors (Lipinski definition) is 1. The number of anilines is 1. The highest BCUT2D eigenvalue weighted by atomic mass is 35.5. The second kappa shape index (κ2) is 5.28. The Balaban J connectivity index is 2.22. The molecule has 0 saturated heterocycles. The zero-order valence-electron chi connectivity index (χ0n) is 9.57. The van der Waals surface area contributed by atoms with E-state index in [0.29, 0.717) is 6.42 Å². The van der Waals surface area contributed by atoms with Gasteiger partial charge < -0.3 is 0 Å². The summed E-state index contributed by atoms with van der Waals surface area (Å²) in [6.45, 7) is 0. The first-order chi connectivity index (χ1) is 8.49. The van der Waals surface area contributed by atoms with Gasteiger partial charge in [-0.15, -0.1) is 0 Å². The van der Waals surface area contributed by atoms with Crippen LogP contribution in [0.4, 0.5) is 10.1 Å². The van der Waals surface area contributed by atoms with E-state index < -0.39 is 21.1 Å². The van der Waals surface area contributed by atoms with Crippen molar-refractivity contribution in [1.29, 1.82) is 0 Å². The minimum atomic E-state index is -3.59. The van der Waals surface area contributed by atoms with Gasteiger partial charge in [0, 0.05) is 5.02 Å². The van der Waals surface area contributed by atoms with Gasteiger partial charge in [0.25, 0.3) is 0 Å². The molecule has 0 aliphatic heterocycles. The SMILES string of the molecule is O=S(=O)(Nc1ccc(Cl)cc1F)C1C=CCCC1. The van der Waals surface area contributed by atoms with E-state index in [1.807, 2.05) is 6.08 Å². The van der Waals surface area contributed by atoms with Gasteiger partial charge in [0.15, 0.2) is 0 Å². The molecule has 1 aromatic carbocycles. The lowest BCUT2D eigenvalue weighted by Gasteiger charge is -2.18. The summed E-state index contributed by atoms with van der Waals surface area (Å²) in [5.41, 5.74) is -0.0710. The maximum Gasteiger partial charge on any atom is 0.239 e. The fourth-order valence-electron chi connectivity index (χ4n) is 1.84. The monoisotopic (exact) mass is 289 g/mol.